The number of fused-ring (bicyclic) bond motifs is 1. The van der Waals surface area contributed by atoms with E-state index in [0.717, 1.165) is 41.2 Å². The molecule has 152 valence electrons. The van der Waals surface area contributed by atoms with E-state index in [-0.39, 0.29) is 5.91 Å². The Morgan fingerprint density at radius 1 is 1.07 bits per heavy atom. The molecule has 0 radical (unpaired) electrons. The van der Waals surface area contributed by atoms with Gasteiger partial charge in [0.05, 0.1) is 11.8 Å². The molecule has 0 saturated heterocycles. The van der Waals surface area contributed by atoms with Gasteiger partial charge in [0.2, 0.25) is 0 Å². The zero-order valence-corrected chi connectivity index (χ0v) is 18.0. The number of thiazole rings is 1. The molecule has 0 aliphatic rings. The highest BCUT2D eigenvalue weighted by Gasteiger charge is 2.19. The maximum absolute atomic E-state index is 13.1. The van der Waals surface area contributed by atoms with Crippen molar-refractivity contribution in [3.05, 3.63) is 60.2 Å². The number of hydrogen-bond donors (Lipinski definition) is 0. The maximum Gasteiger partial charge on any atom is 0.252 e. The molecule has 0 unspecified atom stereocenters. The lowest BCUT2D eigenvalue weighted by Gasteiger charge is -2.23. The van der Waals surface area contributed by atoms with Crippen molar-refractivity contribution in [1.82, 2.24) is 9.88 Å². The first-order chi connectivity index (χ1) is 14.2. The summed E-state index contributed by atoms with van der Waals surface area (Å²) in [4.78, 5) is 21.9. The molecule has 1 amide bonds. The summed E-state index contributed by atoms with van der Waals surface area (Å²) in [7, 11) is 1.64. The highest BCUT2D eigenvalue weighted by molar-refractivity contribution is 7.22. The van der Waals surface area contributed by atoms with E-state index in [1.807, 2.05) is 54.6 Å². The van der Waals surface area contributed by atoms with Crippen LogP contribution in [0.5, 0.6) is 5.75 Å². The number of nitrogens with zero attached hydrogens (tertiary/aromatic N) is 3. The number of benzene rings is 2. The van der Waals surface area contributed by atoms with E-state index in [0.29, 0.717) is 11.7 Å². The van der Waals surface area contributed by atoms with Gasteiger partial charge in [-0.1, -0.05) is 61.6 Å². The average molecular weight is 410 g/mol. The predicted octanol–water partition coefficient (Wildman–Crippen LogP) is 4.69. The summed E-state index contributed by atoms with van der Waals surface area (Å²) in [6, 6.07) is 15.7. The van der Waals surface area contributed by atoms with Crippen LogP contribution in [-0.4, -0.2) is 49.1 Å². The highest BCUT2D eigenvalue weighted by atomic mass is 32.1. The second-order valence-corrected chi connectivity index (χ2v) is 7.57. The minimum atomic E-state index is -0.0703. The lowest BCUT2D eigenvalue weighted by molar-refractivity contribution is -0.114. The van der Waals surface area contributed by atoms with Crippen LogP contribution >= 0.6 is 11.3 Å². The van der Waals surface area contributed by atoms with Crippen LogP contribution in [0.15, 0.2) is 54.6 Å². The molecule has 0 spiro atoms. The SMILES string of the molecule is CCN(CC)CCN(C(=O)/C=C/c1ccccc1)c1nc2c(OC)cccc2s1. The zero-order chi connectivity index (χ0) is 20.6. The quantitative estimate of drug-likeness (QED) is 0.481. The van der Waals surface area contributed by atoms with Gasteiger partial charge in [-0.05, 0) is 36.9 Å². The van der Waals surface area contributed by atoms with Crippen LogP contribution in [0.1, 0.15) is 19.4 Å². The lowest BCUT2D eigenvalue weighted by atomic mass is 10.2. The number of aromatic nitrogens is 1. The minimum absolute atomic E-state index is 0.0703. The van der Waals surface area contributed by atoms with Crippen molar-refractivity contribution in [2.45, 2.75) is 13.8 Å². The lowest BCUT2D eigenvalue weighted by Crippen LogP contribution is -2.38. The van der Waals surface area contributed by atoms with Crippen molar-refractivity contribution < 1.29 is 9.53 Å². The Kier molecular flexibility index (Phi) is 7.38. The van der Waals surface area contributed by atoms with Gasteiger partial charge in [0.1, 0.15) is 11.3 Å². The highest BCUT2D eigenvalue weighted by Crippen LogP contribution is 2.34. The third-order valence-electron chi connectivity index (χ3n) is 4.84. The Morgan fingerprint density at radius 2 is 1.83 bits per heavy atom. The summed E-state index contributed by atoms with van der Waals surface area (Å²) < 4.78 is 6.44. The Hall–Kier alpha value is -2.70. The van der Waals surface area contributed by atoms with E-state index < -0.39 is 0 Å². The summed E-state index contributed by atoms with van der Waals surface area (Å²) in [5.74, 6) is 0.653. The number of anilines is 1. The van der Waals surface area contributed by atoms with Crippen LogP contribution in [0.25, 0.3) is 16.3 Å². The molecule has 1 aromatic heterocycles. The summed E-state index contributed by atoms with van der Waals surface area (Å²) in [5.41, 5.74) is 1.79. The fraction of sp³-hybridized carbons (Fsp3) is 0.304. The van der Waals surface area contributed by atoms with E-state index >= 15 is 0 Å². The fourth-order valence-electron chi connectivity index (χ4n) is 3.09. The summed E-state index contributed by atoms with van der Waals surface area (Å²) >= 11 is 1.51. The maximum atomic E-state index is 13.1. The molecule has 29 heavy (non-hydrogen) atoms. The van der Waals surface area contributed by atoms with Crippen LogP contribution in [0, 0.1) is 0 Å². The fourth-order valence-corrected chi connectivity index (χ4v) is 4.11. The van der Waals surface area contributed by atoms with Crippen molar-refractivity contribution in [2.75, 3.05) is 38.2 Å². The molecule has 0 aliphatic heterocycles. The van der Waals surface area contributed by atoms with Crippen molar-refractivity contribution in [3.8, 4) is 5.75 Å². The molecule has 3 rings (SSSR count). The molecule has 2 aromatic carbocycles. The van der Waals surface area contributed by atoms with Crippen LogP contribution in [0.4, 0.5) is 5.13 Å². The number of amides is 1. The molecular formula is C23H27N3O2S. The normalized spacial score (nSPS) is 11.4. The van der Waals surface area contributed by atoms with E-state index in [1.165, 1.54) is 11.3 Å². The number of rotatable bonds is 9. The first-order valence-electron chi connectivity index (χ1n) is 9.86. The number of para-hydroxylation sites is 1. The number of carbonyl (C=O) groups is 1. The average Bonchev–Trinajstić information content (AvgIpc) is 3.20. The Bertz CT molecular complexity index is 965. The summed E-state index contributed by atoms with van der Waals surface area (Å²) in [6.45, 7) is 7.55. The predicted molar refractivity (Wildman–Crippen MR) is 122 cm³/mol. The molecule has 0 saturated carbocycles. The number of carbonyl (C=O) groups excluding carboxylic acids is 1. The summed E-state index contributed by atoms with van der Waals surface area (Å²) in [6.07, 6.45) is 3.47. The van der Waals surface area contributed by atoms with E-state index in [2.05, 4.69) is 18.7 Å². The van der Waals surface area contributed by atoms with Crippen molar-refractivity contribution in [3.63, 3.8) is 0 Å². The van der Waals surface area contributed by atoms with Gasteiger partial charge in [0.15, 0.2) is 5.13 Å². The van der Waals surface area contributed by atoms with Gasteiger partial charge in [-0.15, -0.1) is 0 Å². The summed E-state index contributed by atoms with van der Waals surface area (Å²) in [5, 5.41) is 0.694. The smallest absolute Gasteiger partial charge is 0.252 e. The molecule has 6 heteroatoms. The van der Waals surface area contributed by atoms with Crippen molar-refractivity contribution in [1.29, 1.82) is 0 Å². The van der Waals surface area contributed by atoms with Crippen molar-refractivity contribution in [2.24, 2.45) is 0 Å². The van der Waals surface area contributed by atoms with Crippen LogP contribution in [-0.2, 0) is 4.79 Å². The molecule has 5 nitrogen and oxygen atoms in total. The number of likely N-dealkylation sites (N-methyl/N-ethyl adjacent to an activating group) is 1. The van der Waals surface area contributed by atoms with Crippen LogP contribution < -0.4 is 9.64 Å². The molecule has 0 N–H and O–H groups in total. The van der Waals surface area contributed by atoms with E-state index in [1.54, 1.807) is 18.1 Å². The van der Waals surface area contributed by atoms with Gasteiger partial charge < -0.3 is 9.64 Å². The molecule has 0 fully saturated rings. The third kappa shape index (κ3) is 5.22. The molecular weight excluding hydrogens is 382 g/mol. The Balaban J connectivity index is 1.90. The first-order valence-corrected chi connectivity index (χ1v) is 10.7. The van der Waals surface area contributed by atoms with Gasteiger partial charge in [-0.25, -0.2) is 4.98 Å². The van der Waals surface area contributed by atoms with Gasteiger partial charge in [0, 0.05) is 19.2 Å². The third-order valence-corrected chi connectivity index (χ3v) is 5.88. The topological polar surface area (TPSA) is 45.7 Å². The van der Waals surface area contributed by atoms with Crippen molar-refractivity contribution >= 4 is 38.7 Å². The van der Waals surface area contributed by atoms with Gasteiger partial charge in [0.25, 0.3) is 5.91 Å². The largest absolute Gasteiger partial charge is 0.494 e. The van der Waals surface area contributed by atoms with Crippen LogP contribution in [0.2, 0.25) is 0 Å². The number of hydrogen-bond acceptors (Lipinski definition) is 5. The van der Waals surface area contributed by atoms with Gasteiger partial charge in [-0.3, -0.25) is 9.69 Å². The van der Waals surface area contributed by atoms with Gasteiger partial charge >= 0.3 is 0 Å². The molecule has 0 bridgehead atoms. The van der Waals surface area contributed by atoms with Crippen LogP contribution in [0.3, 0.4) is 0 Å². The second-order valence-electron chi connectivity index (χ2n) is 6.56. The molecule has 1 heterocycles. The molecule has 3 aromatic rings. The number of ether oxygens (including phenoxy) is 1. The minimum Gasteiger partial charge on any atom is -0.494 e. The Labute approximate surface area is 176 Å². The van der Waals surface area contributed by atoms with Gasteiger partial charge in [-0.2, -0.15) is 0 Å². The Morgan fingerprint density at radius 3 is 2.52 bits per heavy atom. The zero-order valence-electron chi connectivity index (χ0n) is 17.2. The second kappa shape index (κ2) is 10.2. The standard InChI is InChI=1S/C23H27N3O2S/c1-4-25(5-2)16-17-26(21(27)15-14-18-10-7-6-8-11-18)23-24-22-19(28-3)12-9-13-20(22)29-23/h6-15H,4-5,16-17H2,1-3H3/b15-14+. The monoisotopic (exact) mass is 409 g/mol. The van der Waals surface area contributed by atoms with E-state index in [9.17, 15) is 4.79 Å². The first kappa shape index (κ1) is 21.0. The number of methoxy groups -OCH3 is 1. The molecule has 0 atom stereocenters. The van der Waals surface area contributed by atoms with E-state index in [4.69, 9.17) is 9.72 Å². The molecule has 0 aliphatic carbocycles.